The average molecular weight is 206 g/mol. The Morgan fingerprint density at radius 1 is 1.58 bits per heavy atom. The van der Waals surface area contributed by atoms with E-state index < -0.39 is 6.10 Å². The molecule has 1 atom stereocenters. The molecule has 1 N–H and O–H groups in total. The van der Waals surface area contributed by atoms with Crippen LogP contribution in [0.2, 0.25) is 10.2 Å². The fourth-order valence-electron chi connectivity index (χ4n) is 0.927. The minimum absolute atomic E-state index is 0.275. The summed E-state index contributed by atoms with van der Waals surface area (Å²) < 4.78 is 0. The Labute approximate surface area is 81.1 Å². The van der Waals surface area contributed by atoms with Crippen molar-refractivity contribution >= 4 is 23.2 Å². The summed E-state index contributed by atoms with van der Waals surface area (Å²) in [5, 5.41) is 10.2. The summed E-state index contributed by atoms with van der Waals surface area (Å²) in [6.45, 7) is 1.85. The van der Waals surface area contributed by atoms with Crippen LogP contribution in [-0.4, -0.2) is 10.1 Å². The summed E-state index contributed by atoms with van der Waals surface area (Å²) in [5.41, 5.74) is 0.517. The Bertz CT molecular complexity index is 258. The van der Waals surface area contributed by atoms with Crippen molar-refractivity contribution in [3.8, 4) is 0 Å². The molecule has 0 spiro atoms. The fraction of sp³-hybridized carbons (Fsp3) is 0.375. The summed E-state index contributed by atoms with van der Waals surface area (Å²) in [7, 11) is 0. The highest BCUT2D eigenvalue weighted by Crippen LogP contribution is 2.29. The van der Waals surface area contributed by atoms with Gasteiger partial charge in [0.1, 0.15) is 5.15 Å². The monoisotopic (exact) mass is 205 g/mol. The first kappa shape index (κ1) is 9.78. The van der Waals surface area contributed by atoms with Gasteiger partial charge in [0.2, 0.25) is 0 Å². The molecule has 1 rings (SSSR count). The maximum atomic E-state index is 9.48. The lowest BCUT2D eigenvalue weighted by molar-refractivity contribution is 0.173. The third kappa shape index (κ3) is 1.89. The first-order chi connectivity index (χ1) is 5.66. The molecule has 1 heterocycles. The van der Waals surface area contributed by atoms with Crippen LogP contribution >= 0.6 is 23.2 Å². The van der Waals surface area contributed by atoms with Crippen molar-refractivity contribution in [3.63, 3.8) is 0 Å². The number of nitrogens with zero attached hydrogens (tertiary/aromatic N) is 1. The van der Waals surface area contributed by atoms with Crippen LogP contribution in [0.5, 0.6) is 0 Å². The molecule has 0 saturated carbocycles. The van der Waals surface area contributed by atoms with E-state index in [1.165, 1.54) is 6.20 Å². The summed E-state index contributed by atoms with van der Waals surface area (Å²) in [5.74, 6) is 0. The standard InChI is InChI=1S/C8H9Cl2NO/c1-2-6(12)7-5(9)3-4-11-8(7)10/h3-4,6,12H,2H2,1H3. The maximum absolute atomic E-state index is 9.48. The van der Waals surface area contributed by atoms with Crippen molar-refractivity contribution in [1.82, 2.24) is 4.98 Å². The van der Waals surface area contributed by atoms with Gasteiger partial charge in [-0.25, -0.2) is 4.98 Å². The van der Waals surface area contributed by atoms with E-state index in [1.54, 1.807) is 6.07 Å². The van der Waals surface area contributed by atoms with E-state index >= 15 is 0 Å². The molecule has 0 aliphatic heterocycles. The van der Waals surface area contributed by atoms with Crippen LogP contribution in [0.1, 0.15) is 25.0 Å². The van der Waals surface area contributed by atoms with Gasteiger partial charge in [-0.3, -0.25) is 0 Å². The van der Waals surface area contributed by atoms with Gasteiger partial charge in [-0.1, -0.05) is 30.1 Å². The van der Waals surface area contributed by atoms with Crippen molar-refractivity contribution in [2.24, 2.45) is 0 Å². The molecule has 1 aromatic rings. The first-order valence-electron chi connectivity index (χ1n) is 3.64. The molecule has 0 aromatic carbocycles. The summed E-state index contributed by atoms with van der Waals surface area (Å²) in [6, 6.07) is 1.61. The van der Waals surface area contributed by atoms with Crippen LogP contribution in [0.4, 0.5) is 0 Å². The highest BCUT2D eigenvalue weighted by atomic mass is 35.5. The third-order valence-corrected chi connectivity index (χ3v) is 2.24. The smallest absolute Gasteiger partial charge is 0.136 e. The molecule has 66 valence electrons. The molecule has 0 aliphatic rings. The van der Waals surface area contributed by atoms with Gasteiger partial charge in [0.15, 0.2) is 0 Å². The molecule has 0 radical (unpaired) electrons. The molecule has 0 saturated heterocycles. The predicted molar refractivity (Wildman–Crippen MR) is 49.5 cm³/mol. The van der Waals surface area contributed by atoms with Crippen molar-refractivity contribution in [1.29, 1.82) is 0 Å². The zero-order valence-corrected chi connectivity index (χ0v) is 8.10. The predicted octanol–water partition coefficient (Wildman–Crippen LogP) is 2.83. The molecular weight excluding hydrogens is 197 g/mol. The number of rotatable bonds is 2. The Hall–Kier alpha value is -0.310. The van der Waals surface area contributed by atoms with E-state index in [0.717, 1.165) is 0 Å². The minimum Gasteiger partial charge on any atom is -0.388 e. The number of aromatic nitrogens is 1. The SMILES string of the molecule is CCC(O)c1c(Cl)ccnc1Cl. The van der Waals surface area contributed by atoms with E-state index in [9.17, 15) is 5.11 Å². The lowest BCUT2D eigenvalue weighted by Gasteiger charge is -2.10. The Morgan fingerprint density at radius 3 is 2.75 bits per heavy atom. The Balaban J connectivity index is 3.12. The molecule has 0 amide bonds. The highest BCUT2D eigenvalue weighted by Gasteiger charge is 2.13. The van der Waals surface area contributed by atoms with Gasteiger partial charge in [0, 0.05) is 11.8 Å². The normalized spacial score (nSPS) is 13.0. The Morgan fingerprint density at radius 2 is 2.25 bits per heavy atom. The topological polar surface area (TPSA) is 33.1 Å². The average Bonchev–Trinajstić information content (AvgIpc) is 2.03. The molecule has 0 aliphatic carbocycles. The van der Waals surface area contributed by atoms with Crippen molar-refractivity contribution in [2.45, 2.75) is 19.4 Å². The van der Waals surface area contributed by atoms with E-state index in [-0.39, 0.29) is 5.15 Å². The first-order valence-corrected chi connectivity index (χ1v) is 4.40. The largest absolute Gasteiger partial charge is 0.388 e. The van der Waals surface area contributed by atoms with Gasteiger partial charge in [0.05, 0.1) is 11.1 Å². The van der Waals surface area contributed by atoms with E-state index in [0.29, 0.717) is 17.0 Å². The van der Waals surface area contributed by atoms with E-state index in [2.05, 4.69) is 4.98 Å². The van der Waals surface area contributed by atoms with Gasteiger partial charge in [-0.2, -0.15) is 0 Å². The minimum atomic E-state index is -0.626. The molecule has 0 fully saturated rings. The Kier molecular flexibility index (Phi) is 3.32. The molecule has 12 heavy (non-hydrogen) atoms. The zero-order chi connectivity index (χ0) is 9.14. The van der Waals surface area contributed by atoms with Crippen LogP contribution in [0.3, 0.4) is 0 Å². The van der Waals surface area contributed by atoms with E-state index in [4.69, 9.17) is 23.2 Å². The fourth-order valence-corrected chi connectivity index (χ4v) is 1.53. The number of halogens is 2. The number of hydrogen-bond donors (Lipinski definition) is 1. The van der Waals surface area contributed by atoms with Crippen molar-refractivity contribution < 1.29 is 5.11 Å². The second kappa shape index (κ2) is 4.08. The molecular formula is C8H9Cl2NO. The molecule has 1 aromatic heterocycles. The van der Waals surface area contributed by atoms with Gasteiger partial charge in [-0.05, 0) is 12.5 Å². The zero-order valence-electron chi connectivity index (χ0n) is 6.59. The number of aliphatic hydroxyl groups excluding tert-OH is 1. The second-order valence-electron chi connectivity index (χ2n) is 2.42. The lowest BCUT2D eigenvalue weighted by atomic mass is 10.1. The van der Waals surface area contributed by atoms with Crippen LogP contribution in [0, 0.1) is 0 Å². The van der Waals surface area contributed by atoms with Crippen LogP contribution in [-0.2, 0) is 0 Å². The van der Waals surface area contributed by atoms with Gasteiger partial charge < -0.3 is 5.11 Å². The quantitative estimate of drug-likeness (QED) is 0.754. The van der Waals surface area contributed by atoms with Crippen LogP contribution in [0.15, 0.2) is 12.3 Å². The summed E-state index contributed by atoms with van der Waals surface area (Å²) >= 11 is 11.6. The summed E-state index contributed by atoms with van der Waals surface area (Å²) in [6.07, 6.45) is 1.46. The molecule has 1 unspecified atom stereocenters. The third-order valence-electron chi connectivity index (χ3n) is 1.61. The maximum Gasteiger partial charge on any atom is 0.136 e. The highest BCUT2D eigenvalue weighted by molar-refractivity contribution is 6.35. The van der Waals surface area contributed by atoms with Crippen LogP contribution in [0.25, 0.3) is 0 Å². The van der Waals surface area contributed by atoms with Gasteiger partial charge in [0.25, 0.3) is 0 Å². The number of pyridine rings is 1. The van der Waals surface area contributed by atoms with Crippen molar-refractivity contribution in [3.05, 3.63) is 28.0 Å². The summed E-state index contributed by atoms with van der Waals surface area (Å²) in [4.78, 5) is 3.83. The number of aliphatic hydroxyl groups is 1. The molecule has 0 bridgehead atoms. The number of hydrogen-bond acceptors (Lipinski definition) is 2. The van der Waals surface area contributed by atoms with Crippen molar-refractivity contribution in [2.75, 3.05) is 0 Å². The second-order valence-corrected chi connectivity index (χ2v) is 3.19. The molecule has 4 heteroatoms. The lowest BCUT2D eigenvalue weighted by Crippen LogP contribution is -1.98. The van der Waals surface area contributed by atoms with Gasteiger partial charge >= 0.3 is 0 Å². The van der Waals surface area contributed by atoms with Gasteiger partial charge in [-0.15, -0.1) is 0 Å². The molecule has 2 nitrogen and oxygen atoms in total. The van der Waals surface area contributed by atoms with E-state index in [1.807, 2.05) is 6.92 Å². The van der Waals surface area contributed by atoms with Crippen LogP contribution < -0.4 is 0 Å².